The summed E-state index contributed by atoms with van der Waals surface area (Å²) in [6.07, 6.45) is 3.83. The molecule has 1 saturated heterocycles. The standard InChI is InChI=1S/C31H27NO6/c1-17(33)26-25(21-14-15-23(36-2)28(38-4)27(21)37-3)31(29(34)19-10-6-7-11-20(19)30(31)35)24-16-13-18-9-5-8-12-22(18)32(24)26/h5-16,24-26H,1-4H3/t24-,25-,26+/m0/s1. The number of carbonyl (C=O) groups excluding carboxylic acids is 3. The lowest BCUT2D eigenvalue weighted by Gasteiger charge is -2.37. The van der Waals surface area contributed by atoms with Crippen molar-refractivity contribution in [2.45, 2.75) is 24.9 Å². The van der Waals surface area contributed by atoms with Crippen LogP contribution in [-0.2, 0) is 4.79 Å². The molecule has 0 amide bonds. The van der Waals surface area contributed by atoms with Crippen molar-refractivity contribution in [2.75, 3.05) is 26.2 Å². The van der Waals surface area contributed by atoms with E-state index in [-0.39, 0.29) is 17.3 Å². The normalized spacial score (nSPS) is 22.2. The molecule has 0 radical (unpaired) electrons. The number of carbonyl (C=O) groups is 3. The highest BCUT2D eigenvalue weighted by atomic mass is 16.5. The first-order chi connectivity index (χ1) is 18.4. The molecular weight excluding hydrogens is 482 g/mol. The van der Waals surface area contributed by atoms with Crippen LogP contribution in [0.25, 0.3) is 6.08 Å². The number of benzene rings is 3. The van der Waals surface area contributed by atoms with Crippen LogP contribution in [0.1, 0.15) is 44.7 Å². The summed E-state index contributed by atoms with van der Waals surface area (Å²) >= 11 is 0. The predicted octanol–water partition coefficient (Wildman–Crippen LogP) is 4.73. The average molecular weight is 510 g/mol. The second-order valence-corrected chi connectivity index (χ2v) is 9.80. The molecule has 1 spiro atoms. The molecule has 38 heavy (non-hydrogen) atoms. The van der Waals surface area contributed by atoms with Crippen molar-refractivity contribution >= 4 is 29.1 Å². The Morgan fingerprint density at radius 2 is 1.45 bits per heavy atom. The van der Waals surface area contributed by atoms with Gasteiger partial charge in [0.15, 0.2) is 28.8 Å². The van der Waals surface area contributed by atoms with E-state index in [4.69, 9.17) is 14.2 Å². The molecule has 2 aliphatic heterocycles. The van der Waals surface area contributed by atoms with E-state index in [1.807, 2.05) is 41.3 Å². The van der Waals surface area contributed by atoms with Crippen LogP contribution in [0.15, 0.2) is 66.7 Å². The van der Waals surface area contributed by atoms with Gasteiger partial charge in [-0.15, -0.1) is 0 Å². The third kappa shape index (κ3) is 2.87. The number of rotatable bonds is 5. The van der Waals surface area contributed by atoms with Crippen LogP contribution in [0.4, 0.5) is 5.69 Å². The van der Waals surface area contributed by atoms with Crippen LogP contribution in [0.2, 0.25) is 0 Å². The molecule has 192 valence electrons. The minimum absolute atomic E-state index is 0.157. The Kier molecular flexibility index (Phi) is 5.42. The SMILES string of the molecule is COc1ccc([C@H]2[C@@H](C(C)=O)N3c4ccccc4C=C[C@H]3C23C(=O)c2ccccc2C3=O)c(OC)c1OC. The second kappa shape index (κ2) is 8.58. The van der Waals surface area contributed by atoms with Crippen molar-refractivity contribution in [1.29, 1.82) is 0 Å². The Labute approximate surface area is 220 Å². The Morgan fingerprint density at radius 1 is 0.816 bits per heavy atom. The Balaban J connectivity index is 1.72. The summed E-state index contributed by atoms with van der Waals surface area (Å²) < 4.78 is 17.0. The van der Waals surface area contributed by atoms with Gasteiger partial charge in [-0.2, -0.15) is 0 Å². The minimum Gasteiger partial charge on any atom is -0.493 e. The number of ether oxygens (including phenoxy) is 3. The largest absolute Gasteiger partial charge is 0.493 e. The smallest absolute Gasteiger partial charge is 0.203 e. The van der Waals surface area contributed by atoms with Crippen molar-refractivity contribution in [3.63, 3.8) is 0 Å². The summed E-state index contributed by atoms with van der Waals surface area (Å²) in [5.74, 6) is -0.490. The van der Waals surface area contributed by atoms with Gasteiger partial charge >= 0.3 is 0 Å². The van der Waals surface area contributed by atoms with E-state index in [2.05, 4.69) is 0 Å². The molecule has 0 N–H and O–H groups in total. The van der Waals surface area contributed by atoms with E-state index in [1.54, 1.807) is 36.4 Å². The molecular formula is C31H27NO6. The molecule has 3 aliphatic rings. The number of anilines is 1. The van der Waals surface area contributed by atoms with Gasteiger partial charge in [-0.25, -0.2) is 0 Å². The first-order valence-corrected chi connectivity index (χ1v) is 12.4. The van der Waals surface area contributed by atoms with Gasteiger partial charge in [-0.1, -0.05) is 60.7 Å². The molecule has 0 bridgehead atoms. The van der Waals surface area contributed by atoms with E-state index in [0.717, 1.165) is 11.3 Å². The van der Waals surface area contributed by atoms with Gasteiger partial charge in [-0.3, -0.25) is 14.4 Å². The summed E-state index contributed by atoms with van der Waals surface area (Å²) in [7, 11) is 4.52. The quantitative estimate of drug-likeness (QED) is 0.460. The van der Waals surface area contributed by atoms with E-state index < -0.39 is 23.4 Å². The molecule has 3 aromatic carbocycles. The van der Waals surface area contributed by atoms with Crippen molar-refractivity contribution in [3.8, 4) is 17.2 Å². The van der Waals surface area contributed by atoms with Crippen LogP contribution in [0.5, 0.6) is 17.2 Å². The van der Waals surface area contributed by atoms with Crippen LogP contribution < -0.4 is 19.1 Å². The molecule has 2 heterocycles. The molecule has 7 heteroatoms. The number of nitrogens with zero attached hydrogens (tertiary/aromatic N) is 1. The average Bonchev–Trinajstić information content (AvgIpc) is 3.38. The molecule has 3 aromatic rings. The number of hydrogen-bond acceptors (Lipinski definition) is 7. The zero-order chi connectivity index (χ0) is 26.8. The third-order valence-electron chi connectivity index (χ3n) is 8.20. The summed E-state index contributed by atoms with van der Waals surface area (Å²) in [6, 6.07) is 16.6. The lowest BCUT2D eigenvalue weighted by Crippen LogP contribution is -2.48. The van der Waals surface area contributed by atoms with Crippen LogP contribution in [0.3, 0.4) is 0 Å². The Morgan fingerprint density at radius 3 is 2.05 bits per heavy atom. The fourth-order valence-electron chi connectivity index (χ4n) is 6.78. The van der Waals surface area contributed by atoms with Gasteiger partial charge in [0.1, 0.15) is 5.41 Å². The molecule has 3 atom stereocenters. The molecule has 0 unspecified atom stereocenters. The molecule has 0 aromatic heterocycles. The van der Waals surface area contributed by atoms with Gasteiger partial charge < -0.3 is 19.1 Å². The van der Waals surface area contributed by atoms with Gasteiger partial charge in [0, 0.05) is 28.3 Å². The maximum Gasteiger partial charge on any atom is 0.203 e. The lowest BCUT2D eigenvalue weighted by atomic mass is 9.64. The number of fused-ring (bicyclic) bond motifs is 5. The van der Waals surface area contributed by atoms with E-state index >= 15 is 0 Å². The maximum atomic E-state index is 14.5. The molecule has 6 rings (SSSR count). The van der Waals surface area contributed by atoms with Crippen molar-refractivity contribution in [3.05, 3.63) is 89.0 Å². The first kappa shape index (κ1) is 24.0. The highest BCUT2D eigenvalue weighted by molar-refractivity contribution is 6.32. The number of methoxy groups -OCH3 is 3. The zero-order valence-corrected chi connectivity index (χ0v) is 21.6. The van der Waals surface area contributed by atoms with E-state index in [9.17, 15) is 14.4 Å². The van der Waals surface area contributed by atoms with Crippen molar-refractivity contribution < 1.29 is 28.6 Å². The van der Waals surface area contributed by atoms with E-state index in [1.165, 1.54) is 28.3 Å². The lowest BCUT2D eigenvalue weighted by molar-refractivity contribution is -0.118. The molecule has 7 nitrogen and oxygen atoms in total. The van der Waals surface area contributed by atoms with Gasteiger partial charge in [0.05, 0.1) is 33.4 Å². The number of Topliss-reactive ketones (excluding diaryl/α,β-unsaturated/α-hetero) is 3. The summed E-state index contributed by atoms with van der Waals surface area (Å²) in [4.78, 5) is 44.6. The number of hydrogen-bond donors (Lipinski definition) is 0. The predicted molar refractivity (Wildman–Crippen MR) is 143 cm³/mol. The van der Waals surface area contributed by atoms with Crippen LogP contribution in [-0.4, -0.2) is 50.8 Å². The van der Waals surface area contributed by atoms with Gasteiger partial charge in [0.2, 0.25) is 5.75 Å². The highest BCUT2D eigenvalue weighted by Gasteiger charge is 2.71. The van der Waals surface area contributed by atoms with Gasteiger partial charge in [-0.05, 0) is 24.6 Å². The first-order valence-electron chi connectivity index (χ1n) is 12.4. The van der Waals surface area contributed by atoms with Crippen molar-refractivity contribution in [1.82, 2.24) is 0 Å². The van der Waals surface area contributed by atoms with Crippen molar-refractivity contribution in [2.24, 2.45) is 5.41 Å². The second-order valence-electron chi connectivity index (χ2n) is 9.80. The molecule has 1 aliphatic carbocycles. The fraction of sp³-hybridized carbons (Fsp3) is 0.258. The zero-order valence-electron chi connectivity index (χ0n) is 21.6. The Hall–Kier alpha value is -4.39. The topological polar surface area (TPSA) is 82.1 Å². The monoisotopic (exact) mass is 509 g/mol. The molecule has 0 saturated carbocycles. The molecule has 1 fully saturated rings. The Bertz CT molecular complexity index is 1500. The van der Waals surface area contributed by atoms with Crippen LogP contribution in [0, 0.1) is 5.41 Å². The van der Waals surface area contributed by atoms with Gasteiger partial charge in [0.25, 0.3) is 0 Å². The summed E-state index contributed by atoms with van der Waals surface area (Å²) in [5, 5.41) is 0. The summed E-state index contributed by atoms with van der Waals surface area (Å²) in [5.41, 5.74) is 1.42. The van der Waals surface area contributed by atoms with E-state index in [0.29, 0.717) is 33.9 Å². The van der Waals surface area contributed by atoms with Crippen LogP contribution >= 0.6 is 0 Å². The summed E-state index contributed by atoms with van der Waals surface area (Å²) in [6.45, 7) is 1.51. The number of para-hydroxylation sites is 1. The minimum atomic E-state index is -1.59. The maximum absolute atomic E-state index is 14.5. The third-order valence-corrected chi connectivity index (χ3v) is 8.20. The fourth-order valence-corrected chi connectivity index (χ4v) is 6.78. The highest BCUT2D eigenvalue weighted by Crippen LogP contribution is 2.62. The number of ketones is 3.